The SMILES string of the molecule is CCC(CC)C(=O)OCCC(C)OC. The van der Waals surface area contributed by atoms with E-state index in [2.05, 4.69) is 0 Å². The van der Waals surface area contributed by atoms with Crippen LogP contribution < -0.4 is 0 Å². The minimum absolute atomic E-state index is 0.0628. The van der Waals surface area contributed by atoms with Gasteiger partial charge < -0.3 is 9.47 Å². The Labute approximate surface area is 86.8 Å². The van der Waals surface area contributed by atoms with Gasteiger partial charge in [-0.2, -0.15) is 0 Å². The lowest BCUT2D eigenvalue weighted by molar-refractivity contribution is -0.149. The second-order valence-electron chi connectivity index (χ2n) is 3.52. The maximum Gasteiger partial charge on any atom is 0.308 e. The third kappa shape index (κ3) is 5.22. The fourth-order valence-corrected chi connectivity index (χ4v) is 1.18. The van der Waals surface area contributed by atoms with E-state index in [1.165, 1.54) is 0 Å². The third-order valence-corrected chi connectivity index (χ3v) is 2.49. The molecule has 1 unspecified atom stereocenters. The van der Waals surface area contributed by atoms with Crippen molar-refractivity contribution in [2.45, 2.75) is 46.1 Å². The van der Waals surface area contributed by atoms with Crippen LogP contribution in [0.1, 0.15) is 40.0 Å². The highest BCUT2D eigenvalue weighted by Gasteiger charge is 2.15. The first-order valence-electron chi connectivity index (χ1n) is 5.35. The number of hydrogen-bond donors (Lipinski definition) is 0. The van der Waals surface area contributed by atoms with E-state index in [0.29, 0.717) is 6.61 Å². The Kier molecular flexibility index (Phi) is 7.48. The van der Waals surface area contributed by atoms with E-state index in [9.17, 15) is 4.79 Å². The van der Waals surface area contributed by atoms with Gasteiger partial charge in [0.05, 0.1) is 18.6 Å². The van der Waals surface area contributed by atoms with Crippen LogP contribution >= 0.6 is 0 Å². The molecule has 0 amide bonds. The van der Waals surface area contributed by atoms with E-state index in [-0.39, 0.29) is 18.0 Å². The molecule has 0 saturated carbocycles. The first-order chi connectivity index (χ1) is 6.65. The van der Waals surface area contributed by atoms with Crippen molar-refractivity contribution in [3.05, 3.63) is 0 Å². The number of methoxy groups -OCH3 is 1. The summed E-state index contributed by atoms with van der Waals surface area (Å²) in [7, 11) is 1.66. The molecule has 1 atom stereocenters. The molecular weight excluding hydrogens is 180 g/mol. The molecule has 0 aromatic heterocycles. The van der Waals surface area contributed by atoms with E-state index in [1.807, 2.05) is 20.8 Å². The normalized spacial score (nSPS) is 12.9. The van der Waals surface area contributed by atoms with Crippen LogP contribution in [0.3, 0.4) is 0 Å². The van der Waals surface area contributed by atoms with Crippen LogP contribution in [0.15, 0.2) is 0 Å². The highest BCUT2D eigenvalue weighted by molar-refractivity contribution is 5.72. The average Bonchev–Trinajstić information content (AvgIpc) is 2.19. The highest BCUT2D eigenvalue weighted by Crippen LogP contribution is 2.10. The lowest BCUT2D eigenvalue weighted by Crippen LogP contribution is -2.19. The van der Waals surface area contributed by atoms with Crippen molar-refractivity contribution in [2.24, 2.45) is 5.92 Å². The molecule has 14 heavy (non-hydrogen) atoms. The maximum atomic E-state index is 11.4. The minimum Gasteiger partial charge on any atom is -0.465 e. The van der Waals surface area contributed by atoms with E-state index >= 15 is 0 Å². The molecule has 0 aromatic rings. The lowest BCUT2D eigenvalue weighted by Gasteiger charge is -2.13. The summed E-state index contributed by atoms with van der Waals surface area (Å²) in [6.07, 6.45) is 2.64. The number of rotatable bonds is 7. The number of carbonyl (C=O) groups excluding carboxylic acids is 1. The summed E-state index contributed by atoms with van der Waals surface area (Å²) in [6, 6.07) is 0. The minimum atomic E-state index is -0.0710. The van der Waals surface area contributed by atoms with Crippen LogP contribution in [0.2, 0.25) is 0 Å². The topological polar surface area (TPSA) is 35.5 Å². The second kappa shape index (κ2) is 7.80. The summed E-state index contributed by atoms with van der Waals surface area (Å²) in [5.41, 5.74) is 0. The van der Waals surface area contributed by atoms with Crippen LogP contribution in [0.25, 0.3) is 0 Å². The molecule has 0 N–H and O–H groups in total. The number of carbonyl (C=O) groups is 1. The molecule has 0 bridgehead atoms. The standard InChI is InChI=1S/C11H22O3/c1-5-10(6-2)11(12)14-8-7-9(3)13-4/h9-10H,5-8H2,1-4H3. The molecule has 84 valence electrons. The smallest absolute Gasteiger partial charge is 0.308 e. The summed E-state index contributed by atoms with van der Waals surface area (Å²) in [5.74, 6) is -0.00819. The van der Waals surface area contributed by atoms with E-state index in [4.69, 9.17) is 9.47 Å². The molecule has 0 radical (unpaired) electrons. The van der Waals surface area contributed by atoms with E-state index in [0.717, 1.165) is 19.3 Å². The van der Waals surface area contributed by atoms with Crippen LogP contribution in [0, 0.1) is 5.92 Å². The second-order valence-corrected chi connectivity index (χ2v) is 3.52. The predicted molar refractivity (Wildman–Crippen MR) is 56.1 cm³/mol. The zero-order chi connectivity index (χ0) is 11.0. The first-order valence-corrected chi connectivity index (χ1v) is 5.35. The van der Waals surface area contributed by atoms with Gasteiger partial charge in [-0.25, -0.2) is 0 Å². The number of esters is 1. The summed E-state index contributed by atoms with van der Waals surface area (Å²) >= 11 is 0. The summed E-state index contributed by atoms with van der Waals surface area (Å²) in [4.78, 5) is 11.4. The molecule has 3 nitrogen and oxygen atoms in total. The number of ether oxygens (including phenoxy) is 2. The van der Waals surface area contributed by atoms with E-state index < -0.39 is 0 Å². The first kappa shape index (κ1) is 13.4. The molecule has 0 aliphatic carbocycles. The van der Waals surface area contributed by atoms with Crippen molar-refractivity contribution < 1.29 is 14.3 Å². The van der Waals surface area contributed by atoms with Gasteiger partial charge in [-0.3, -0.25) is 4.79 Å². The Balaban J connectivity index is 3.62. The maximum absolute atomic E-state index is 11.4. The zero-order valence-corrected chi connectivity index (χ0v) is 9.71. The molecular formula is C11H22O3. The van der Waals surface area contributed by atoms with E-state index in [1.54, 1.807) is 7.11 Å². The molecule has 0 aliphatic rings. The molecule has 0 rings (SSSR count). The summed E-state index contributed by atoms with van der Waals surface area (Å²) in [5, 5.41) is 0. The molecule has 0 spiro atoms. The molecule has 0 fully saturated rings. The molecule has 0 aromatic carbocycles. The largest absolute Gasteiger partial charge is 0.465 e. The Bertz CT molecular complexity index is 153. The van der Waals surface area contributed by atoms with Gasteiger partial charge in [0.2, 0.25) is 0 Å². The molecule has 3 heteroatoms. The van der Waals surface area contributed by atoms with Gasteiger partial charge in [-0.05, 0) is 19.8 Å². The predicted octanol–water partition coefficient (Wildman–Crippen LogP) is 2.39. The summed E-state index contributed by atoms with van der Waals surface area (Å²) < 4.78 is 10.2. The third-order valence-electron chi connectivity index (χ3n) is 2.49. The van der Waals surface area contributed by atoms with Crippen molar-refractivity contribution in [3.8, 4) is 0 Å². The monoisotopic (exact) mass is 202 g/mol. The van der Waals surface area contributed by atoms with Gasteiger partial charge in [-0.1, -0.05) is 13.8 Å². The summed E-state index contributed by atoms with van der Waals surface area (Å²) in [6.45, 7) is 6.44. The van der Waals surface area contributed by atoms with Crippen LogP contribution in [0.4, 0.5) is 0 Å². The molecule has 0 heterocycles. The van der Waals surface area contributed by atoms with Gasteiger partial charge in [0.1, 0.15) is 0 Å². The quantitative estimate of drug-likeness (QED) is 0.595. The van der Waals surface area contributed by atoms with Gasteiger partial charge >= 0.3 is 5.97 Å². The number of hydrogen-bond acceptors (Lipinski definition) is 3. The van der Waals surface area contributed by atoms with Gasteiger partial charge in [0.15, 0.2) is 0 Å². The Morgan fingerprint density at radius 3 is 2.29 bits per heavy atom. The van der Waals surface area contributed by atoms with Gasteiger partial charge in [0, 0.05) is 13.5 Å². The van der Waals surface area contributed by atoms with Crippen molar-refractivity contribution in [2.75, 3.05) is 13.7 Å². The average molecular weight is 202 g/mol. The van der Waals surface area contributed by atoms with Crippen molar-refractivity contribution in [1.82, 2.24) is 0 Å². The van der Waals surface area contributed by atoms with Gasteiger partial charge in [-0.15, -0.1) is 0 Å². The lowest BCUT2D eigenvalue weighted by atomic mass is 10.0. The highest BCUT2D eigenvalue weighted by atomic mass is 16.5. The molecule has 0 saturated heterocycles. The Morgan fingerprint density at radius 1 is 1.29 bits per heavy atom. The van der Waals surface area contributed by atoms with Crippen LogP contribution in [0.5, 0.6) is 0 Å². The van der Waals surface area contributed by atoms with Crippen LogP contribution in [-0.4, -0.2) is 25.8 Å². The van der Waals surface area contributed by atoms with Crippen molar-refractivity contribution in [3.63, 3.8) is 0 Å². The fraction of sp³-hybridized carbons (Fsp3) is 0.909. The van der Waals surface area contributed by atoms with Crippen molar-refractivity contribution >= 4 is 5.97 Å². The van der Waals surface area contributed by atoms with Gasteiger partial charge in [0.25, 0.3) is 0 Å². The Hall–Kier alpha value is -0.570. The fourth-order valence-electron chi connectivity index (χ4n) is 1.18. The van der Waals surface area contributed by atoms with Crippen molar-refractivity contribution in [1.29, 1.82) is 0 Å². The molecule has 0 aliphatic heterocycles. The Morgan fingerprint density at radius 2 is 1.86 bits per heavy atom. The van der Waals surface area contributed by atoms with Crippen LogP contribution in [-0.2, 0) is 14.3 Å². The zero-order valence-electron chi connectivity index (χ0n) is 9.71.